The van der Waals surface area contributed by atoms with Crippen molar-refractivity contribution < 1.29 is 23.4 Å². The average molecular weight is 217 g/mol. The zero-order valence-electron chi connectivity index (χ0n) is 7.83. The summed E-state index contributed by atoms with van der Waals surface area (Å²) in [5.41, 5.74) is 5.12. The summed E-state index contributed by atoms with van der Waals surface area (Å²) in [6.45, 7) is 0. The first kappa shape index (κ1) is 11.4. The molecule has 0 radical (unpaired) electrons. The van der Waals surface area contributed by atoms with Gasteiger partial charge in [0.2, 0.25) is 5.82 Å². The fraction of sp³-hybridized carbons (Fsp3) is 0.222. The third-order valence-corrected chi connectivity index (χ3v) is 1.89. The highest BCUT2D eigenvalue weighted by atomic mass is 19.2. The molecule has 0 saturated heterocycles. The van der Waals surface area contributed by atoms with E-state index in [9.17, 15) is 18.7 Å². The standard InChI is InChI=1S/C9H9F2NO3/c1-15-9(14)7(12)4-2-3-5(10)6(11)8(4)13/h2-3,7,13H,12H2,1H3/t7-/m1/s1. The molecule has 0 heterocycles. The molecule has 82 valence electrons. The molecule has 0 bridgehead atoms. The zero-order chi connectivity index (χ0) is 11.6. The molecular weight excluding hydrogens is 208 g/mol. The number of aromatic hydroxyl groups is 1. The molecule has 3 N–H and O–H groups in total. The number of ether oxygens (including phenoxy) is 1. The van der Waals surface area contributed by atoms with E-state index in [0.717, 1.165) is 19.2 Å². The van der Waals surface area contributed by atoms with Crippen molar-refractivity contribution in [3.8, 4) is 5.75 Å². The van der Waals surface area contributed by atoms with E-state index in [-0.39, 0.29) is 5.56 Å². The molecule has 0 amide bonds. The van der Waals surface area contributed by atoms with Crippen LogP contribution >= 0.6 is 0 Å². The Balaban J connectivity index is 3.16. The normalized spacial score (nSPS) is 12.3. The highest BCUT2D eigenvalue weighted by Gasteiger charge is 2.23. The number of benzene rings is 1. The first-order valence-electron chi connectivity index (χ1n) is 3.99. The minimum atomic E-state index is -1.44. The van der Waals surface area contributed by atoms with Crippen LogP contribution in [-0.4, -0.2) is 18.2 Å². The van der Waals surface area contributed by atoms with Crippen LogP contribution in [-0.2, 0) is 9.53 Å². The van der Waals surface area contributed by atoms with Crippen molar-refractivity contribution in [3.63, 3.8) is 0 Å². The van der Waals surface area contributed by atoms with Gasteiger partial charge in [-0.1, -0.05) is 6.07 Å². The van der Waals surface area contributed by atoms with Crippen LogP contribution in [0, 0.1) is 11.6 Å². The van der Waals surface area contributed by atoms with Gasteiger partial charge in [-0.2, -0.15) is 4.39 Å². The van der Waals surface area contributed by atoms with Crippen LogP contribution in [0.5, 0.6) is 5.75 Å². The molecule has 1 aromatic carbocycles. The summed E-state index contributed by atoms with van der Waals surface area (Å²) < 4.78 is 29.8. The Labute approximate surface area is 84.3 Å². The predicted molar refractivity (Wildman–Crippen MR) is 47.0 cm³/mol. The maximum Gasteiger partial charge on any atom is 0.327 e. The third-order valence-electron chi connectivity index (χ3n) is 1.89. The summed E-state index contributed by atoms with van der Waals surface area (Å²) in [7, 11) is 1.10. The minimum absolute atomic E-state index is 0.222. The number of carbonyl (C=O) groups is 1. The highest BCUT2D eigenvalue weighted by molar-refractivity contribution is 5.78. The molecule has 15 heavy (non-hydrogen) atoms. The van der Waals surface area contributed by atoms with Crippen molar-refractivity contribution in [2.75, 3.05) is 7.11 Å². The first-order valence-corrected chi connectivity index (χ1v) is 3.99. The molecule has 6 heteroatoms. The number of halogens is 2. The molecule has 0 spiro atoms. The summed E-state index contributed by atoms with van der Waals surface area (Å²) in [6, 6.07) is 0.452. The van der Waals surface area contributed by atoms with Gasteiger partial charge in [0, 0.05) is 5.56 Å². The van der Waals surface area contributed by atoms with Crippen molar-refractivity contribution in [1.82, 2.24) is 0 Å². The van der Waals surface area contributed by atoms with Crippen molar-refractivity contribution in [2.24, 2.45) is 5.73 Å². The maximum atomic E-state index is 12.9. The van der Waals surface area contributed by atoms with E-state index in [1.807, 2.05) is 0 Å². The lowest BCUT2D eigenvalue weighted by Crippen LogP contribution is -2.23. The molecule has 0 saturated carbocycles. The van der Waals surface area contributed by atoms with Gasteiger partial charge in [-0.25, -0.2) is 4.39 Å². The monoisotopic (exact) mass is 217 g/mol. The number of carbonyl (C=O) groups excluding carboxylic acids is 1. The number of hydrogen-bond acceptors (Lipinski definition) is 4. The second-order valence-electron chi connectivity index (χ2n) is 2.80. The smallest absolute Gasteiger partial charge is 0.327 e. The lowest BCUT2D eigenvalue weighted by Gasteiger charge is -2.11. The van der Waals surface area contributed by atoms with Crippen LogP contribution in [0.2, 0.25) is 0 Å². The Hall–Kier alpha value is -1.69. The minimum Gasteiger partial charge on any atom is -0.504 e. The van der Waals surface area contributed by atoms with Crippen LogP contribution in [0.25, 0.3) is 0 Å². The average Bonchev–Trinajstić information content (AvgIpc) is 2.24. The van der Waals surface area contributed by atoms with Crippen LogP contribution in [0.4, 0.5) is 8.78 Å². The number of phenolic OH excluding ortho intramolecular Hbond substituents is 1. The van der Waals surface area contributed by atoms with Crippen LogP contribution in [0.1, 0.15) is 11.6 Å². The summed E-state index contributed by atoms with van der Waals surface area (Å²) in [5, 5.41) is 9.19. The Kier molecular flexibility index (Phi) is 3.21. The molecule has 1 atom stereocenters. The van der Waals surface area contributed by atoms with E-state index < -0.39 is 29.4 Å². The number of methoxy groups -OCH3 is 1. The number of rotatable bonds is 2. The Morgan fingerprint density at radius 3 is 2.67 bits per heavy atom. The Bertz CT molecular complexity index is 395. The van der Waals surface area contributed by atoms with Crippen LogP contribution in [0.3, 0.4) is 0 Å². The second kappa shape index (κ2) is 4.22. The van der Waals surface area contributed by atoms with E-state index in [1.165, 1.54) is 0 Å². The molecule has 0 aliphatic carbocycles. The van der Waals surface area contributed by atoms with E-state index >= 15 is 0 Å². The lowest BCUT2D eigenvalue weighted by molar-refractivity contribution is -0.142. The Morgan fingerprint density at radius 2 is 2.13 bits per heavy atom. The van der Waals surface area contributed by atoms with Crippen LogP contribution < -0.4 is 5.73 Å². The second-order valence-corrected chi connectivity index (χ2v) is 2.80. The van der Waals surface area contributed by atoms with E-state index in [0.29, 0.717) is 0 Å². The van der Waals surface area contributed by atoms with Gasteiger partial charge < -0.3 is 15.6 Å². The summed E-state index contributed by atoms with van der Waals surface area (Å²) in [4.78, 5) is 11.0. The molecule has 1 rings (SSSR count). The molecule has 4 nitrogen and oxygen atoms in total. The van der Waals surface area contributed by atoms with Gasteiger partial charge in [0.15, 0.2) is 11.6 Å². The predicted octanol–water partition coefficient (Wildman–Crippen LogP) is 0.843. The maximum absolute atomic E-state index is 12.9. The fourth-order valence-corrected chi connectivity index (χ4v) is 1.06. The van der Waals surface area contributed by atoms with Gasteiger partial charge >= 0.3 is 5.97 Å². The first-order chi connectivity index (χ1) is 6.99. The van der Waals surface area contributed by atoms with Crippen molar-refractivity contribution >= 4 is 5.97 Å². The molecule has 0 aromatic heterocycles. The summed E-state index contributed by atoms with van der Waals surface area (Å²) in [5.74, 6) is -4.48. The van der Waals surface area contributed by atoms with Gasteiger partial charge in [0.05, 0.1) is 7.11 Å². The highest BCUT2D eigenvalue weighted by Crippen LogP contribution is 2.27. The fourth-order valence-electron chi connectivity index (χ4n) is 1.06. The molecule has 0 aliphatic heterocycles. The number of esters is 1. The quantitative estimate of drug-likeness (QED) is 0.720. The SMILES string of the molecule is COC(=O)[C@H](N)c1ccc(F)c(F)c1O. The third kappa shape index (κ3) is 2.04. The van der Waals surface area contributed by atoms with E-state index in [4.69, 9.17) is 5.73 Å². The molecule has 0 aliphatic rings. The molecule has 0 unspecified atom stereocenters. The van der Waals surface area contributed by atoms with Crippen molar-refractivity contribution in [3.05, 3.63) is 29.3 Å². The largest absolute Gasteiger partial charge is 0.504 e. The number of phenols is 1. The summed E-state index contributed by atoms with van der Waals surface area (Å²) >= 11 is 0. The van der Waals surface area contributed by atoms with Gasteiger partial charge in [-0.15, -0.1) is 0 Å². The zero-order valence-corrected chi connectivity index (χ0v) is 7.83. The molecule has 0 fully saturated rings. The Morgan fingerprint density at radius 1 is 1.53 bits per heavy atom. The van der Waals surface area contributed by atoms with Gasteiger partial charge in [0.1, 0.15) is 6.04 Å². The molecular formula is C9H9F2NO3. The topological polar surface area (TPSA) is 72.5 Å². The number of nitrogens with two attached hydrogens (primary N) is 1. The van der Waals surface area contributed by atoms with Crippen molar-refractivity contribution in [1.29, 1.82) is 0 Å². The molecule has 1 aromatic rings. The van der Waals surface area contributed by atoms with Gasteiger partial charge in [-0.05, 0) is 6.07 Å². The van der Waals surface area contributed by atoms with E-state index in [2.05, 4.69) is 4.74 Å². The number of hydrogen-bond donors (Lipinski definition) is 2. The van der Waals surface area contributed by atoms with Gasteiger partial charge in [-0.3, -0.25) is 4.79 Å². The summed E-state index contributed by atoms with van der Waals surface area (Å²) in [6.07, 6.45) is 0. The lowest BCUT2D eigenvalue weighted by atomic mass is 10.1. The van der Waals surface area contributed by atoms with Crippen molar-refractivity contribution in [2.45, 2.75) is 6.04 Å². The van der Waals surface area contributed by atoms with Gasteiger partial charge in [0.25, 0.3) is 0 Å². The van der Waals surface area contributed by atoms with E-state index in [1.54, 1.807) is 0 Å². The van der Waals surface area contributed by atoms with Crippen LogP contribution in [0.15, 0.2) is 12.1 Å².